The van der Waals surface area contributed by atoms with Crippen molar-refractivity contribution in [3.63, 3.8) is 0 Å². The van der Waals surface area contributed by atoms with Gasteiger partial charge in [-0.15, -0.1) is 5.10 Å². The summed E-state index contributed by atoms with van der Waals surface area (Å²) in [6.45, 7) is 2.95. The Morgan fingerprint density at radius 1 is 1.27 bits per heavy atom. The molecular weight excluding hydrogens is 364 g/mol. The predicted molar refractivity (Wildman–Crippen MR) is 89.4 cm³/mol. The first kappa shape index (κ1) is 15.2. The van der Waals surface area contributed by atoms with E-state index >= 15 is 0 Å². The van der Waals surface area contributed by atoms with Crippen molar-refractivity contribution in [3.05, 3.63) is 40.8 Å². The van der Waals surface area contributed by atoms with Crippen LogP contribution in [-0.4, -0.2) is 30.2 Å². The molecule has 2 aromatic heterocycles. The van der Waals surface area contributed by atoms with Gasteiger partial charge in [0.1, 0.15) is 0 Å². The molecule has 0 aliphatic rings. The van der Waals surface area contributed by atoms with Gasteiger partial charge in [-0.05, 0) is 34.5 Å². The number of hydrogen-bond acceptors (Lipinski definition) is 5. The third-order valence-electron chi connectivity index (χ3n) is 3.09. The molecular formula is C14H15BrN6S. The van der Waals surface area contributed by atoms with Crippen LogP contribution in [0.25, 0.3) is 11.3 Å². The number of hydrogen-bond donors (Lipinski definition) is 1. The van der Waals surface area contributed by atoms with Gasteiger partial charge in [-0.2, -0.15) is 0 Å². The van der Waals surface area contributed by atoms with Crippen LogP contribution >= 0.6 is 27.7 Å². The number of H-pyrrole nitrogens is 1. The molecule has 114 valence electrons. The second-order valence-corrected chi connectivity index (χ2v) is 6.60. The Balaban J connectivity index is 1.67. The lowest BCUT2D eigenvalue weighted by molar-refractivity contribution is 0.564. The number of tetrazole rings is 1. The second kappa shape index (κ2) is 7.06. The van der Waals surface area contributed by atoms with E-state index in [2.05, 4.69) is 48.3 Å². The molecule has 6 nitrogen and oxygen atoms in total. The smallest absolute Gasteiger partial charge is 0.166 e. The van der Waals surface area contributed by atoms with E-state index in [4.69, 9.17) is 0 Å². The lowest BCUT2D eigenvalue weighted by atomic mass is 10.2. The summed E-state index contributed by atoms with van der Waals surface area (Å²) in [6.07, 6.45) is 2.86. The molecule has 0 aliphatic carbocycles. The lowest BCUT2D eigenvalue weighted by Crippen LogP contribution is -2.04. The summed E-state index contributed by atoms with van der Waals surface area (Å²) in [5.74, 6) is 1.56. The van der Waals surface area contributed by atoms with E-state index in [0.29, 0.717) is 5.75 Å². The molecule has 0 fully saturated rings. The quantitative estimate of drug-likeness (QED) is 0.664. The summed E-state index contributed by atoms with van der Waals surface area (Å²) in [5, 5.41) is 12.6. The number of imidazole rings is 1. The number of halogens is 1. The monoisotopic (exact) mass is 378 g/mol. The van der Waals surface area contributed by atoms with E-state index in [9.17, 15) is 0 Å². The van der Waals surface area contributed by atoms with Crippen LogP contribution in [-0.2, 0) is 12.3 Å². The average molecular weight is 379 g/mol. The number of aromatic nitrogens is 6. The van der Waals surface area contributed by atoms with Crippen LogP contribution in [0.1, 0.15) is 19.2 Å². The summed E-state index contributed by atoms with van der Waals surface area (Å²) in [5.41, 5.74) is 2.11. The Morgan fingerprint density at radius 2 is 2.09 bits per heavy atom. The van der Waals surface area contributed by atoms with E-state index < -0.39 is 0 Å². The Morgan fingerprint density at radius 3 is 2.86 bits per heavy atom. The van der Waals surface area contributed by atoms with Crippen molar-refractivity contribution in [3.8, 4) is 11.3 Å². The minimum atomic E-state index is 0.695. The fourth-order valence-electron chi connectivity index (χ4n) is 2.00. The number of benzene rings is 1. The number of aromatic amines is 1. The van der Waals surface area contributed by atoms with Crippen LogP contribution in [0.15, 0.2) is 40.1 Å². The number of nitrogens with zero attached hydrogens (tertiary/aromatic N) is 5. The molecule has 3 aromatic rings. The first-order chi connectivity index (χ1) is 10.8. The summed E-state index contributed by atoms with van der Waals surface area (Å²) in [7, 11) is 0. The highest BCUT2D eigenvalue weighted by atomic mass is 79.9. The minimum absolute atomic E-state index is 0.695. The molecule has 22 heavy (non-hydrogen) atoms. The molecule has 0 bridgehead atoms. The summed E-state index contributed by atoms with van der Waals surface area (Å²) in [4.78, 5) is 7.73. The Labute approximate surface area is 140 Å². The second-order valence-electron chi connectivity index (χ2n) is 4.72. The molecule has 8 heteroatoms. The van der Waals surface area contributed by atoms with Crippen LogP contribution in [0.5, 0.6) is 0 Å². The van der Waals surface area contributed by atoms with Gasteiger partial charge >= 0.3 is 0 Å². The SMILES string of the molecule is CCCn1nnnc1CSc1ncc(-c2ccc(Br)cc2)[nH]1. The van der Waals surface area contributed by atoms with Crippen LogP contribution in [0.3, 0.4) is 0 Å². The molecule has 0 atom stereocenters. The molecule has 0 saturated carbocycles. The van der Waals surface area contributed by atoms with Crippen molar-refractivity contribution in [2.24, 2.45) is 0 Å². The number of nitrogens with one attached hydrogen (secondary N) is 1. The van der Waals surface area contributed by atoms with Crippen LogP contribution < -0.4 is 0 Å². The molecule has 0 aliphatic heterocycles. The molecule has 3 rings (SSSR count). The van der Waals surface area contributed by atoms with Gasteiger partial charge in [0.25, 0.3) is 0 Å². The maximum absolute atomic E-state index is 4.41. The zero-order chi connectivity index (χ0) is 15.4. The summed E-state index contributed by atoms with van der Waals surface area (Å²) in [6, 6.07) is 8.13. The van der Waals surface area contributed by atoms with Gasteiger partial charge in [0.05, 0.1) is 17.6 Å². The topological polar surface area (TPSA) is 72.3 Å². The molecule has 0 unspecified atom stereocenters. The molecule has 1 N–H and O–H groups in total. The number of thioether (sulfide) groups is 1. The van der Waals surface area contributed by atoms with Gasteiger partial charge in [0.2, 0.25) is 0 Å². The van der Waals surface area contributed by atoms with Crippen molar-refractivity contribution in [1.82, 2.24) is 30.2 Å². The summed E-state index contributed by atoms with van der Waals surface area (Å²) < 4.78 is 2.90. The largest absolute Gasteiger partial charge is 0.333 e. The van der Waals surface area contributed by atoms with Crippen LogP contribution in [0.4, 0.5) is 0 Å². The fourth-order valence-corrected chi connectivity index (χ4v) is 3.04. The molecule has 0 radical (unpaired) electrons. The Hall–Kier alpha value is -1.67. The predicted octanol–water partition coefficient (Wildman–Crippen LogP) is 3.53. The number of aryl methyl sites for hydroxylation is 1. The minimum Gasteiger partial charge on any atom is -0.333 e. The zero-order valence-corrected chi connectivity index (χ0v) is 14.4. The van der Waals surface area contributed by atoms with Crippen molar-refractivity contribution in [1.29, 1.82) is 0 Å². The van der Waals surface area contributed by atoms with E-state index in [1.54, 1.807) is 11.8 Å². The van der Waals surface area contributed by atoms with E-state index in [1.165, 1.54) is 0 Å². The van der Waals surface area contributed by atoms with Crippen molar-refractivity contribution in [2.45, 2.75) is 30.8 Å². The third-order valence-corrected chi connectivity index (χ3v) is 4.50. The van der Waals surface area contributed by atoms with Gasteiger partial charge in [-0.25, -0.2) is 9.67 Å². The van der Waals surface area contributed by atoms with Crippen LogP contribution in [0, 0.1) is 0 Å². The number of rotatable bonds is 6. The van der Waals surface area contributed by atoms with Crippen molar-refractivity contribution < 1.29 is 0 Å². The van der Waals surface area contributed by atoms with Gasteiger partial charge in [-0.1, -0.05) is 46.7 Å². The van der Waals surface area contributed by atoms with Gasteiger partial charge in [0.15, 0.2) is 11.0 Å². The normalized spacial score (nSPS) is 11.0. The first-order valence-electron chi connectivity index (χ1n) is 6.95. The third kappa shape index (κ3) is 3.56. The highest BCUT2D eigenvalue weighted by Gasteiger charge is 2.08. The molecule has 2 heterocycles. The highest BCUT2D eigenvalue weighted by molar-refractivity contribution is 9.10. The van der Waals surface area contributed by atoms with Gasteiger partial charge in [0, 0.05) is 11.0 Å². The molecule has 0 amide bonds. The molecule has 0 saturated heterocycles. The average Bonchev–Trinajstić information content (AvgIpc) is 3.16. The summed E-state index contributed by atoms with van der Waals surface area (Å²) >= 11 is 5.04. The maximum Gasteiger partial charge on any atom is 0.166 e. The van der Waals surface area contributed by atoms with Gasteiger partial charge < -0.3 is 4.98 Å². The maximum atomic E-state index is 4.41. The molecule has 0 spiro atoms. The highest BCUT2D eigenvalue weighted by Crippen LogP contribution is 2.24. The standard InChI is InChI=1S/C14H15BrN6S/c1-2-7-21-13(18-19-20-21)9-22-14-16-8-12(17-14)10-3-5-11(15)6-4-10/h3-6,8H,2,7,9H2,1H3,(H,16,17). The van der Waals surface area contributed by atoms with Crippen molar-refractivity contribution >= 4 is 27.7 Å². The Bertz CT molecular complexity index is 736. The van der Waals surface area contributed by atoms with E-state index in [0.717, 1.165) is 39.7 Å². The van der Waals surface area contributed by atoms with Crippen molar-refractivity contribution in [2.75, 3.05) is 0 Å². The molecule has 1 aromatic carbocycles. The Kier molecular flexibility index (Phi) is 4.89. The zero-order valence-electron chi connectivity index (χ0n) is 12.0. The van der Waals surface area contributed by atoms with E-state index in [1.807, 2.05) is 35.1 Å². The fraction of sp³-hybridized carbons (Fsp3) is 0.286. The van der Waals surface area contributed by atoms with E-state index in [-0.39, 0.29) is 0 Å². The van der Waals surface area contributed by atoms with Crippen LogP contribution in [0.2, 0.25) is 0 Å². The van der Waals surface area contributed by atoms with Gasteiger partial charge in [-0.3, -0.25) is 0 Å². The first-order valence-corrected chi connectivity index (χ1v) is 8.73. The lowest BCUT2D eigenvalue weighted by Gasteiger charge is -2.01.